The Morgan fingerprint density at radius 2 is 1.85 bits per heavy atom. The average Bonchev–Trinajstić information content (AvgIpc) is 2.85. The molecule has 0 atom stereocenters. The maximum Gasteiger partial charge on any atom is 0.343 e. The summed E-state index contributed by atoms with van der Waals surface area (Å²) < 4.78 is 5.40. The van der Waals surface area contributed by atoms with Crippen LogP contribution in [0.3, 0.4) is 0 Å². The molecule has 0 aliphatic heterocycles. The van der Waals surface area contributed by atoms with E-state index in [4.69, 9.17) is 4.74 Å². The highest BCUT2D eigenvalue weighted by Crippen LogP contribution is 2.19. The fraction of sp³-hybridized carbons (Fsp3) is 0.0385. The molecule has 0 saturated carbocycles. The van der Waals surface area contributed by atoms with Gasteiger partial charge >= 0.3 is 5.97 Å². The van der Waals surface area contributed by atoms with Crippen LogP contribution in [-0.4, -0.2) is 22.2 Å². The van der Waals surface area contributed by atoms with Crippen LogP contribution in [0.2, 0.25) is 0 Å². The third-order valence-corrected chi connectivity index (χ3v) is 4.81. The number of hydrogen-bond acceptors (Lipinski definition) is 7. The van der Waals surface area contributed by atoms with Crippen LogP contribution in [0.25, 0.3) is 11.3 Å². The van der Waals surface area contributed by atoms with Crippen LogP contribution in [0.1, 0.15) is 27.0 Å². The molecule has 0 aliphatic rings. The minimum Gasteiger partial charge on any atom is -0.423 e. The molecule has 1 heterocycles. The minimum atomic E-state index is -0.561. The number of ether oxygens (including phenoxy) is 1. The zero-order chi connectivity index (χ0) is 23.9. The van der Waals surface area contributed by atoms with Crippen molar-refractivity contribution in [1.29, 1.82) is 5.26 Å². The van der Waals surface area contributed by atoms with Crippen molar-refractivity contribution in [3.63, 3.8) is 0 Å². The molecule has 0 radical (unpaired) electrons. The van der Waals surface area contributed by atoms with Crippen molar-refractivity contribution in [2.24, 2.45) is 5.10 Å². The molecule has 34 heavy (non-hydrogen) atoms. The molecule has 8 heteroatoms. The van der Waals surface area contributed by atoms with E-state index in [2.05, 4.69) is 20.5 Å². The van der Waals surface area contributed by atoms with Crippen LogP contribution < -0.4 is 15.7 Å². The maximum atomic E-state index is 12.3. The lowest BCUT2D eigenvalue weighted by Gasteiger charge is -2.06. The monoisotopic (exact) mass is 449 g/mol. The quantitative estimate of drug-likeness (QED) is 0.196. The van der Waals surface area contributed by atoms with E-state index in [0.29, 0.717) is 16.9 Å². The van der Waals surface area contributed by atoms with Gasteiger partial charge in [0.15, 0.2) is 0 Å². The molecule has 2 N–H and O–H groups in total. The number of carbonyl (C=O) groups is 1. The fourth-order valence-electron chi connectivity index (χ4n) is 3.16. The predicted octanol–water partition coefficient (Wildman–Crippen LogP) is 4.28. The van der Waals surface area contributed by atoms with Gasteiger partial charge in [0.2, 0.25) is 5.95 Å². The molecule has 0 aliphatic carbocycles. The highest BCUT2D eigenvalue weighted by molar-refractivity contribution is 5.91. The lowest BCUT2D eigenvalue weighted by atomic mass is 10.1. The Morgan fingerprint density at radius 1 is 1.09 bits per heavy atom. The fourth-order valence-corrected chi connectivity index (χ4v) is 3.16. The van der Waals surface area contributed by atoms with Crippen molar-refractivity contribution < 1.29 is 9.53 Å². The second-order valence-electron chi connectivity index (χ2n) is 7.31. The van der Waals surface area contributed by atoms with Crippen molar-refractivity contribution in [2.75, 3.05) is 5.43 Å². The van der Waals surface area contributed by atoms with Gasteiger partial charge < -0.3 is 4.74 Å². The van der Waals surface area contributed by atoms with Gasteiger partial charge in [-0.25, -0.2) is 15.2 Å². The molecule has 8 nitrogen and oxygen atoms in total. The lowest BCUT2D eigenvalue weighted by Crippen LogP contribution is -2.16. The summed E-state index contributed by atoms with van der Waals surface area (Å²) in [6, 6.07) is 24.8. The van der Waals surface area contributed by atoms with Gasteiger partial charge in [-0.05, 0) is 48.9 Å². The van der Waals surface area contributed by atoms with Crippen molar-refractivity contribution in [1.82, 2.24) is 9.97 Å². The van der Waals surface area contributed by atoms with Crippen molar-refractivity contribution in [3.05, 3.63) is 111 Å². The van der Waals surface area contributed by atoms with Gasteiger partial charge in [0.25, 0.3) is 5.56 Å². The number of carbonyl (C=O) groups excluding carboxylic acids is 1. The Bertz CT molecular complexity index is 1450. The van der Waals surface area contributed by atoms with Gasteiger partial charge in [0.05, 0.1) is 17.5 Å². The molecule has 0 fully saturated rings. The summed E-state index contributed by atoms with van der Waals surface area (Å²) in [6.45, 7) is 1.91. The van der Waals surface area contributed by atoms with E-state index >= 15 is 0 Å². The van der Waals surface area contributed by atoms with Crippen molar-refractivity contribution >= 4 is 18.1 Å². The second kappa shape index (κ2) is 10.1. The molecular formula is C26H19N5O3. The molecule has 4 rings (SSSR count). The number of nitrogens with one attached hydrogen (secondary N) is 2. The molecule has 0 spiro atoms. The number of hydrazone groups is 1. The van der Waals surface area contributed by atoms with Crippen LogP contribution >= 0.6 is 0 Å². The van der Waals surface area contributed by atoms with E-state index in [1.807, 2.05) is 25.1 Å². The topological polar surface area (TPSA) is 120 Å². The first-order valence-corrected chi connectivity index (χ1v) is 10.3. The number of aromatic nitrogens is 2. The lowest BCUT2D eigenvalue weighted by molar-refractivity contribution is 0.0734. The number of rotatable bonds is 6. The number of anilines is 1. The van der Waals surface area contributed by atoms with E-state index in [0.717, 1.165) is 11.1 Å². The largest absolute Gasteiger partial charge is 0.423 e. The third kappa shape index (κ3) is 5.23. The van der Waals surface area contributed by atoms with E-state index < -0.39 is 11.5 Å². The maximum absolute atomic E-state index is 12.3. The first-order chi connectivity index (χ1) is 16.5. The van der Waals surface area contributed by atoms with Crippen LogP contribution in [-0.2, 0) is 0 Å². The van der Waals surface area contributed by atoms with Crippen molar-refractivity contribution in [3.8, 4) is 23.1 Å². The van der Waals surface area contributed by atoms with Gasteiger partial charge in [-0.15, -0.1) is 0 Å². The normalized spacial score (nSPS) is 10.6. The Morgan fingerprint density at radius 3 is 2.56 bits per heavy atom. The molecule has 3 aromatic carbocycles. The molecule has 0 unspecified atom stereocenters. The van der Waals surface area contributed by atoms with E-state index in [1.54, 1.807) is 66.7 Å². The Kier molecular flexibility index (Phi) is 6.56. The van der Waals surface area contributed by atoms with Gasteiger partial charge in [-0.2, -0.15) is 10.4 Å². The average molecular weight is 449 g/mol. The van der Waals surface area contributed by atoms with Gasteiger partial charge in [0.1, 0.15) is 17.4 Å². The van der Waals surface area contributed by atoms with E-state index in [9.17, 15) is 14.9 Å². The number of hydrogen-bond donors (Lipinski definition) is 2. The molecule has 1 aromatic heterocycles. The first kappa shape index (κ1) is 22.2. The summed E-state index contributed by atoms with van der Waals surface area (Å²) in [5.41, 5.74) is 5.14. The Hall–Kier alpha value is -5.03. The number of aryl methyl sites for hydroxylation is 1. The van der Waals surface area contributed by atoms with Gasteiger partial charge in [-0.3, -0.25) is 9.78 Å². The molecule has 0 bridgehead atoms. The summed E-state index contributed by atoms with van der Waals surface area (Å²) in [7, 11) is 0. The Balaban J connectivity index is 1.45. The van der Waals surface area contributed by atoms with Gasteiger partial charge in [0, 0.05) is 5.56 Å². The van der Waals surface area contributed by atoms with Crippen LogP contribution in [0.15, 0.2) is 88.8 Å². The zero-order valence-corrected chi connectivity index (χ0v) is 18.1. The standard InChI is InChI=1S/C26H19N5O3/c1-17-6-5-9-20(14-17)25(33)34-21-12-10-18(11-13-21)16-28-31-26-29-23(19-7-3-2-4-8-19)22(15-27)24(32)30-26/h2-14,16H,1H3,(H2,29,30,31,32). The molecule has 166 valence electrons. The first-order valence-electron chi connectivity index (χ1n) is 10.3. The molecular weight excluding hydrogens is 430 g/mol. The third-order valence-electron chi connectivity index (χ3n) is 4.81. The highest BCUT2D eigenvalue weighted by Gasteiger charge is 2.13. The number of aromatic amines is 1. The number of nitriles is 1. The van der Waals surface area contributed by atoms with Crippen LogP contribution in [0.4, 0.5) is 5.95 Å². The summed E-state index contributed by atoms with van der Waals surface area (Å²) in [5, 5.41) is 13.4. The number of esters is 1. The summed E-state index contributed by atoms with van der Waals surface area (Å²) in [4.78, 5) is 31.4. The Labute approximate surface area is 195 Å². The van der Waals surface area contributed by atoms with E-state index in [1.165, 1.54) is 6.21 Å². The van der Waals surface area contributed by atoms with E-state index in [-0.39, 0.29) is 17.2 Å². The minimum absolute atomic E-state index is 0.0727. The summed E-state index contributed by atoms with van der Waals surface area (Å²) >= 11 is 0. The number of benzene rings is 3. The SMILES string of the molecule is Cc1cccc(C(=O)Oc2ccc(C=NNc3nc(-c4ccccc4)c(C#N)c(=O)[nH]3)cc2)c1. The number of H-pyrrole nitrogens is 1. The zero-order valence-electron chi connectivity index (χ0n) is 18.1. The summed E-state index contributed by atoms with van der Waals surface area (Å²) in [6.07, 6.45) is 1.52. The second-order valence-corrected chi connectivity index (χ2v) is 7.31. The molecule has 0 amide bonds. The van der Waals surface area contributed by atoms with Gasteiger partial charge in [-0.1, -0.05) is 48.0 Å². The smallest absolute Gasteiger partial charge is 0.343 e. The molecule has 0 saturated heterocycles. The summed E-state index contributed by atoms with van der Waals surface area (Å²) in [5.74, 6) is 0.0712. The predicted molar refractivity (Wildman–Crippen MR) is 129 cm³/mol. The number of nitrogens with zero attached hydrogens (tertiary/aromatic N) is 3. The van der Waals surface area contributed by atoms with Crippen LogP contribution in [0.5, 0.6) is 5.75 Å². The van der Waals surface area contributed by atoms with Crippen molar-refractivity contribution in [2.45, 2.75) is 6.92 Å². The van der Waals surface area contributed by atoms with Crippen LogP contribution in [0, 0.1) is 18.3 Å². The molecule has 4 aromatic rings. The highest BCUT2D eigenvalue weighted by atomic mass is 16.5.